The normalized spacial score (nSPS) is 17.7. The zero-order valence-corrected chi connectivity index (χ0v) is 11.6. The third-order valence-electron chi connectivity index (χ3n) is 3.83. The Morgan fingerprint density at radius 3 is 3.25 bits per heavy atom. The molecule has 2 aromatic heterocycles. The summed E-state index contributed by atoms with van der Waals surface area (Å²) in [5, 5.41) is 3.60. The van der Waals surface area contributed by atoms with E-state index in [1.54, 1.807) is 0 Å². The summed E-state index contributed by atoms with van der Waals surface area (Å²) in [5.41, 5.74) is 2.59. The molecule has 0 aromatic carbocycles. The lowest BCUT2D eigenvalue weighted by Gasteiger charge is -2.25. The topological polar surface area (TPSA) is 42.7 Å². The molecule has 20 heavy (non-hydrogen) atoms. The van der Waals surface area contributed by atoms with Crippen LogP contribution in [0.15, 0.2) is 43.4 Å². The molecular formula is C16H20N4. The molecular weight excluding hydrogens is 248 g/mol. The Labute approximate surface area is 119 Å². The molecule has 0 unspecified atom stereocenters. The van der Waals surface area contributed by atoms with Crippen LogP contribution < -0.4 is 5.32 Å². The zero-order chi connectivity index (χ0) is 13.8. The SMILES string of the molecule is C=CCn1ccnc1CN[C@H]1CCCc2cccnc21. The summed E-state index contributed by atoms with van der Waals surface area (Å²) in [6.07, 6.45) is 11.1. The minimum atomic E-state index is 0.342. The summed E-state index contributed by atoms with van der Waals surface area (Å²) >= 11 is 0. The quantitative estimate of drug-likeness (QED) is 0.848. The van der Waals surface area contributed by atoms with E-state index in [1.807, 2.05) is 30.7 Å². The molecule has 0 aliphatic heterocycles. The van der Waals surface area contributed by atoms with Crippen LogP contribution in [0.4, 0.5) is 0 Å². The third kappa shape index (κ3) is 2.65. The molecule has 1 aliphatic rings. The van der Waals surface area contributed by atoms with Gasteiger partial charge in [-0.3, -0.25) is 4.98 Å². The van der Waals surface area contributed by atoms with Gasteiger partial charge < -0.3 is 9.88 Å². The number of hydrogen-bond donors (Lipinski definition) is 1. The lowest BCUT2D eigenvalue weighted by atomic mass is 9.92. The summed E-state index contributed by atoms with van der Waals surface area (Å²) in [7, 11) is 0. The van der Waals surface area contributed by atoms with Gasteiger partial charge in [0.2, 0.25) is 0 Å². The second kappa shape index (κ2) is 6.01. The number of rotatable bonds is 5. The highest BCUT2D eigenvalue weighted by Crippen LogP contribution is 2.27. The molecule has 0 spiro atoms. The van der Waals surface area contributed by atoms with Crippen molar-refractivity contribution in [3.63, 3.8) is 0 Å². The van der Waals surface area contributed by atoms with Crippen LogP contribution in [0.1, 0.15) is 36.0 Å². The molecule has 0 amide bonds. The Kier molecular flexibility index (Phi) is 3.92. The number of nitrogens with zero attached hydrogens (tertiary/aromatic N) is 3. The van der Waals surface area contributed by atoms with E-state index in [0.29, 0.717) is 6.04 Å². The molecule has 0 fully saturated rings. The molecule has 1 aliphatic carbocycles. The van der Waals surface area contributed by atoms with Gasteiger partial charge in [0.05, 0.1) is 18.3 Å². The number of imidazole rings is 1. The molecule has 2 heterocycles. The summed E-state index contributed by atoms with van der Waals surface area (Å²) in [4.78, 5) is 8.96. The van der Waals surface area contributed by atoms with Crippen LogP contribution in [0.3, 0.4) is 0 Å². The van der Waals surface area contributed by atoms with Crippen molar-refractivity contribution in [2.24, 2.45) is 0 Å². The predicted octanol–water partition coefficient (Wildman–Crippen LogP) is 2.63. The van der Waals surface area contributed by atoms with Gasteiger partial charge in [0.15, 0.2) is 0 Å². The van der Waals surface area contributed by atoms with Gasteiger partial charge in [-0.25, -0.2) is 4.98 Å². The van der Waals surface area contributed by atoms with Crippen LogP contribution >= 0.6 is 0 Å². The fourth-order valence-corrected chi connectivity index (χ4v) is 2.84. The number of fused-ring (bicyclic) bond motifs is 1. The van der Waals surface area contributed by atoms with Gasteiger partial charge in [-0.05, 0) is 30.9 Å². The highest BCUT2D eigenvalue weighted by molar-refractivity contribution is 5.25. The first-order chi connectivity index (χ1) is 9.88. The number of aromatic nitrogens is 3. The average Bonchev–Trinajstić information content (AvgIpc) is 2.93. The van der Waals surface area contributed by atoms with Crippen molar-refractivity contribution in [2.75, 3.05) is 0 Å². The number of nitrogens with one attached hydrogen (secondary N) is 1. The summed E-state index contributed by atoms with van der Waals surface area (Å²) in [6.45, 7) is 5.34. The van der Waals surface area contributed by atoms with E-state index in [0.717, 1.165) is 31.8 Å². The molecule has 0 saturated carbocycles. The molecule has 1 N–H and O–H groups in total. The molecule has 3 rings (SSSR count). The number of aryl methyl sites for hydroxylation is 1. The molecule has 4 nitrogen and oxygen atoms in total. The monoisotopic (exact) mass is 268 g/mol. The Balaban J connectivity index is 1.70. The first-order valence-corrected chi connectivity index (χ1v) is 7.16. The van der Waals surface area contributed by atoms with Gasteiger partial charge >= 0.3 is 0 Å². The Morgan fingerprint density at radius 2 is 2.35 bits per heavy atom. The van der Waals surface area contributed by atoms with E-state index in [2.05, 4.69) is 32.5 Å². The number of hydrogen-bond acceptors (Lipinski definition) is 3. The first kappa shape index (κ1) is 13.1. The van der Waals surface area contributed by atoms with Crippen molar-refractivity contribution in [1.82, 2.24) is 19.9 Å². The minimum Gasteiger partial charge on any atom is -0.330 e. The average molecular weight is 268 g/mol. The molecule has 0 radical (unpaired) electrons. The van der Waals surface area contributed by atoms with Crippen LogP contribution in [0, 0.1) is 0 Å². The van der Waals surface area contributed by atoms with E-state index in [-0.39, 0.29) is 0 Å². The van der Waals surface area contributed by atoms with Crippen molar-refractivity contribution in [1.29, 1.82) is 0 Å². The van der Waals surface area contributed by atoms with Crippen molar-refractivity contribution >= 4 is 0 Å². The van der Waals surface area contributed by atoms with E-state index >= 15 is 0 Å². The Bertz CT molecular complexity index is 588. The van der Waals surface area contributed by atoms with Crippen LogP contribution in [0.25, 0.3) is 0 Å². The van der Waals surface area contributed by atoms with Gasteiger partial charge in [0.1, 0.15) is 5.82 Å². The minimum absolute atomic E-state index is 0.342. The maximum atomic E-state index is 4.55. The van der Waals surface area contributed by atoms with Gasteiger partial charge in [-0.2, -0.15) is 0 Å². The predicted molar refractivity (Wildman–Crippen MR) is 79.2 cm³/mol. The highest BCUT2D eigenvalue weighted by Gasteiger charge is 2.20. The zero-order valence-electron chi connectivity index (χ0n) is 11.6. The first-order valence-electron chi connectivity index (χ1n) is 7.16. The van der Waals surface area contributed by atoms with E-state index in [9.17, 15) is 0 Å². The van der Waals surface area contributed by atoms with Crippen molar-refractivity contribution < 1.29 is 0 Å². The molecule has 2 aromatic rings. The van der Waals surface area contributed by atoms with E-state index < -0.39 is 0 Å². The van der Waals surface area contributed by atoms with Gasteiger partial charge in [0, 0.05) is 25.1 Å². The lowest BCUT2D eigenvalue weighted by molar-refractivity contribution is 0.437. The Hall–Kier alpha value is -1.94. The molecule has 0 bridgehead atoms. The van der Waals surface area contributed by atoms with Crippen LogP contribution in [0.2, 0.25) is 0 Å². The van der Waals surface area contributed by atoms with E-state index in [1.165, 1.54) is 17.7 Å². The molecule has 4 heteroatoms. The van der Waals surface area contributed by atoms with Crippen LogP contribution in [-0.4, -0.2) is 14.5 Å². The van der Waals surface area contributed by atoms with Crippen LogP contribution in [0.5, 0.6) is 0 Å². The molecule has 1 atom stereocenters. The number of pyridine rings is 1. The third-order valence-corrected chi connectivity index (χ3v) is 3.83. The second-order valence-electron chi connectivity index (χ2n) is 5.16. The molecule has 0 saturated heterocycles. The molecule has 104 valence electrons. The second-order valence-corrected chi connectivity index (χ2v) is 5.16. The number of allylic oxidation sites excluding steroid dienone is 1. The lowest BCUT2D eigenvalue weighted by Crippen LogP contribution is -2.27. The standard InChI is InChI=1S/C16H20N4/c1-2-10-20-11-9-17-15(20)12-19-14-7-3-5-13-6-4-8-18-16(13)14/h2,4,6,8-9,11,14,19H,1,3,5,7,10,12H2/t14-/m0/s1. The summed E-state index contributed by atoms with van der Waals surface area (Å²) in [6, 6.07) is 4.56. The van der Waals surface area contributed by atoms with Crippen molar-refractivity contribution in [2.45, 2.75) is 38.4 Å². The van der Waals surface area contributed by atoms with Crippen molar-refractivity contribution in [3.8, 4) is 0 Å². The van der Waals surface area contributed by atoms with Gasteiger partial charge in [0.25, 0.3) is 0 Å². The summed E-state index contributed by atoms with van der Waals surface area (Å²) < 4.78 is 2.11. The summed E-state index contributed by atoms with van der Waals surface area (Å²) in [5.74, 6) is 1.05. The Morgan fingerprint density at radius 1 is 1.40 bits per heavy atom. The highest BCUT2D eigenvalue weighted by atomic mass is 15.1. The smallest absolute Gasteiger partial charge is 0.122 e. The van der Waals surface area contributed by atoms with Gasteiger partial charge in [-0.1, -0.05) is 12.1 Å². The maximum absolute atomic E-state index is 4.55. The van der Waals surface area contributed by atoms with Crippen molar-refractivity contribution in [3.05, 3.63) is 60.5 Å². The fourth-order valence-electron chi connectivity index (χ4n) is 2.84. The van der Waals surface area contributed by atoms with E-state index in [4.69, 9.17) is 0 Å². The van der Waals surface area contributed by atoms with Gasteiger partial charge in [-0.15, -0.1) is 6.58 Å². The fraction of sp³-hybridized carbons (Fsp3) is 0.375. The van der Waals surface area contributed by atoms with Crippen LogP contribution in [-0.2, 0) is 19.5 Å². The maximum Gasteiger partial charge on any atom is 0.122 e. The largest absolute Gasteiger partial charge is 0.330 e.